The number of ketones is 1. The molecule has 2 fully saturated rings. The summed E-state index contributed by atoms with van der Waals surface area (Å²) in [4.78, 5) is 13.2. The van der Waals surface area contributed by atoms with Gasteiger partial charge in [0, 0.05) is 35.3 Å². The Morgan fingerprint density at radius 2 is 2.11 bits per heavy atom. The van der Waals surface area contributed by atoms with Gasteiger partial charge in [-0.2, -0.15) is 0 Å². The lowest BCUT2D eigenvalue weighted by Gasteiger charge is -2.33. The molecule has 0 bridgehead atoms. The molecule has 0 aromatic heterocycles. The Bertz CT molecular complexity index is 714. The molecule has 4 unspecified atom stereocenters. The van der Waals surface area contributed by atoms with E-state index in [9.17, 15) is 17.8 Å². The van der Waals surface area contributed by atoms with Crippen LogP contribution in [0.3, 0.4) is 0 Å². The van der Waals surface area contributed by atoms with Crippen molar-refractivity contribution in [3.8, 4) is 0 Å². The molecule has 4 nitrogen and oxygen atoms in total. The van der Waals surface area contributed by atoms with Crippen LogP contribution in [0.5, 0.6) is 0 Å². The van der Waals surface area contributed by atoms with Gasteiger partial charge >= 0.3 is 0 Å². The summed E-state index contributed by atoms with van der Waals surface area (Å²) < 4.78 is 51.8. The van der Waals surface area contributed by atoms with Crippen molar-refractivity contribution in [1.29, 1.82) is 0 Å². The van der Waals surface area contributed by atoms with Crippen LogP contribution in [0.15, 0.2) is 18.2 Å². The SMILES string of the molecule is CCC(C(=O)C1(C(OC2CCCCO2)c2ccc(F)cc2F)CC1)S(C)=O. The maximum Gasteiger partial charge on any atom is 0.158 e. The molecule has 3 rings (SSSR count). The number of Topliss-reactive ketones (excluding diaryl/α,β-unsaturated/α-hetero) is 1. The molecular weight excluding hydrogens is 374 g/mol. The largest absolute Gasteiger partial charge is 0.353 e. The molecule has 1 heterocycles. The zero-order valence-electron chi connectivity index (χ0n) is 15.7. The third kappa shape index (κ3) is 4.30. The number of halogens is 2. The number of ether oxygens (including phenoxy) is 2. The zero-order valence-corrected chi connectivity index (χ0v) is 16.5. The Balaban J connectivity index is 1.95. The molecule has 1 aliphatic heterocycles. The van der Waals surface area contributed by atoms with E-state index in [0.29, 0.717) is 32.3 Å². The Labute approximate surface area is 161 Å². The Morgan fingerprint density at radius 3 is 2.63 bits per heavy atom. The van der Waals surface area contributed by atoms with E-state index in [2.05, 4.69) is 0 Å². The van der Waals surface area contributed by atoms with Gasteiger partial charge in [0.1, 0.15) is 17.7 Å². The monoisotopic (exact) mass is 400 g/mol. The van der Waals surface area contributed by atoms with Crippen LogP contribution in [-0.2, 0) is 25.1 Å². The lowest BCUT2D eigenvalue weighted by atomic mass is 9.86. The second kappa shape index (κ2) is 8.45. The first kappa shape index (κ1) is 20.6. The van der Waals surface area contributed by atoms with Gasteiger partial charge in [-0.25, -0.2) is 8.78 Å². The molecule has 4 atom stereocenters. The molecule has 2 aliphatic rings. The van der Waals surface area contributed by atoms with Gasteiger partial charge < -0.3 is 9.47 Å². The molecule has 1 saturated carbocycles. The van der Waals surface area contributed by atoms with Crippen LogP contribution in [0.4, 0.5) is 8.78 Å². The van der Waals surface area contributed by atoms with Gasteiger partial charge in [-0.05, 0) is 44.6 Å². The van der Waals surface area contributed by atoms with Gasteiger partial charge in [0.15, 0.2) is 12.1 Å². The average molecular weight is 400 g/mol. The highest BCUT2D eigenvalue weighted by atomic mass is 32.2. The van der Waals surface area contributed by atoms with Crippen molar-refractivity contribution in [2.24, 2.45) is 5.41 Å². The van der Waals surface area contributed by atoms with Crippen molar-refractivity contribution in [2.75, 3.05) is 12.9 Å². The molecule has 1 saturated heterocycles. The molecule has 0 N–H and O–H groups in total. The Kier molecular flexibility index (Phi) is 6.43. The minimum Gasteiger partial charge on any atom is -0.353 e. The molecule has 0 amide bonds. The van der Waals surface area contributed by atoms with Gasteiger partial charge in [0.05, 0.1) is 10.7 Å². The number of hydrogen-bond donors (Lipinski definition) is 0. The summed E-state index contributed by atoms with van der Waals surface area (Å²) in [5.41, 5.74) is -0.764. The number of rotatable bonds is 8. The Morgan fingerprint density at radius 1 is 1.37 bits per heavy atom. The minimum absolute atomic E-state index is 0.157. The number of carbonyl (C=O) groups is 1. The summed E-state index contributed by atoms with van der Waals surface area (Å²) in [6, 6.07) is 3.32. The lowest BCUT2D eigenvalue weighted by molar-refractivity contribution is -0.205. The highest BCUT2D eigenvalue weighted by Crippen LogP contribution is 2.59. The number of hydrogen-bond acceptors (Lipinski definition) is 4. The van der Waals surface area contributed by atoms with E-state index in [1.165, 1.54) is 18.4 Å². The third-order valence-corrected chi connectivity index (χ3v) is 6.86. The fraction of sp³-hybridized carbons (Fsp3) is 0.650. The van der Waals surface area contributed by atoms with Gasteiger partial charge in [-0.1, -0.05) is 13.0 Å². The zero-order chi connectivity index (χ0) is 19.6. The van der Waals surface area contributed by atoms with Gasteiger partial charge in [-0.3, -0.25) is 9.00 Å². The maximum absolute atomic E-state index is 14.6. The predicted octanol–water partition coefficient (Wildman–Crippen LogP) is 4.06. The van der Waals surface area contributed by atoms with Crippen LogP contribution in [0, 0.1) is 17.0 Å². The van der Waals surface area contributed by atoms with Crippen molar-refractivity contribution in [3.63, 3.8) is 0 Å². The summed E-state index contributed by atoms with van der Waals surface area (Å²) in [5, 5.41) is -0.616. The molecule has 7 heteroatoms. The van der Waals surface area contributed by atoms with E-state index >= 15 is 0 Å². The fourth-order valence-corrected chi connectivity index (χ4v) is 4.86. The van der Waals surface area contributed by atoms with E-state index in [-0.39, 0.29) is 11.3 Å². The van der Waals surface area contributed by atoms with E-state index in [0.717, 1.165) is 18.9 Å². The van der Waals surface area contributed by atoms with Crippen LogP contribution in [-0.4, -0.2) is 34.4 Å². The average Bonchev–Trinajstić information content (AvgIpc) is 3.43. The van der Waals surface area contributed by atoms with Crippen molar-refractivity contribution in [2.45, 2.75) is 63.1 Å². The van der Waals surface area contributed by atoms with E-state index < -0.39 is 45.5 Å². The van der Waals surface area contributed by atoms with Crippen LogP contribution < -0.4 is 0 Å². The maximum atomic E-state index is 14.6. The molecule has 1 aliphatic carbocycles. The van der Waals surface area contributed by atoms with Crippen molar-refractivity contribution in [3.05, 3.63) is 35.4 Å². The van der Waals surface area contributed by atoms with Crippen molar-refractivity contribution < 1.29 is 27.3 Å². The first-order valence-corrected chi connectivity index (χ1v) is 11.1. The summed E-state index contributed by atoms with van der Waals surface area (Å²) in [6.45, 7) is 2.37. The standard InChI is InChI=1S/C20H26F2O4S/c1-3-16(27(2)24)18(23)20(9-10-20)19(26-17-6-4-5-11-25-17)14-8-7-13(21)12-15(14)22/h7-8,12,16-17,19H,3-6,9-11H2,1-2H3. The highest BCUT2D eigenvalue weighted by molar-refractivity contribution is 7.85. The molecule has 0 radical (unpaired) electrons. The molecule has 27 heavy (non-hydrogen) atoms. The summed E-state index contributed by atoms with van der Waals surface area (Å²) in [7, 11) is -1.32. The van der Waals surface area contributed by atoms with Crippen LogP contribution in [0.25, 0.3) is 0 Å². The smallest absolute Gasteiger partial charge is 0.158 e. The predicted molar refractivity (Wildman–Crippen MR) is 98.6 cm³/mol. The fourth-order valence-electron chi connectivity index (χ4n) is 3.85. The molecule has 150 valence electrons. The van der Waals surface area contributed by atoms with Crippen LogP contribution in [0.2, 0.25) is 0 Å². The molecule has 1 aromatic rings. The highest BCUT2D eigenvalue weighted by Gasteiger charge is 2.59. The van der Waals surface area contributed by atoms with Gasteiger partial charge in [0.2, 0.25) is 0 Å². The van der Waals surface area contributed by atoms with Gasteiger partial charge in [-0.15, -0.1) is 0 Å². The summed E-state index contributed by atoms with van der Waals surface area (Å²) >= 11 is 0. The molecule has 0 spiro atoms. The third-order valence-electron chi connectivity index (χ3n) is 5.52. The summed E-state index contributed by atoms with van der Waals surface area (Å²) in [6.07, 6.45) is 4.18. The van der Waals surface area contributed by atoms with E-state index in [4.69, 9.17) is 9.47 Å². The minimum atomic E-state index is -1.32. The van der Waals surface area contributed by atoms with Crippen molar-refractivity contribution in [1.82, 2.24) is 0 Å². The molecular formula is C20H26F2O4S. The first-order valence-electron chi connectivity index (χ1n) is 9.47. The van der Waals surface area contributed by atoms with Crippen LogP contribution in [0.1, 0.15) is 57.1 Å². The quantitative estimate of drug-likeness (QED) is 0.661. The van der Waals surface area contributed by atoms with Gasteiger partial charge in [0.25, 0.3) is 0 Å². The lowest BCUT2D eigenvalue weighted by Crippen LogP contribution is -2.39. The number of carbonyl (C=O) groups excluding carboxylic acids is 1. The van der Waals surface area contributed by atoms with Crippen LogP contribution >= 0.6 is 0 Å². The van der Waals surface area contributed by atoms with Crippen molar-refractivity contribution >= 4 is 16.6 Å². The summed E-state index contributed by atoms with van der Waals surface area (Å²) in [5.74, 6) is -1.57. The first-order chi connectivity index (χ1) is 12.9. The topological polar surface area (TPSA) is 52.6 Å². The Hall–Kier alpha value is -1.18. The van der Waals surface area contributed by atoms with E-state index in [1.807, 2.05) is 6.92 Å². The second-order valence-electron chi connectivity index (χ2n) is 7.39. The van der Waals surface area contributed by atoms with E-state index in [1.54, 1.807) is 0 Å². The number of benzene rings is 1. The normalized spacial score (nSPS) is 24.8. The second-order valence-corrected chi connectivity index (χ2v) is 8.96. The molecule has 1 aromatic carbocycles.